The second-order valence-electron chi connectivity index (χ2n) is 6.76. The van der Waals surface area contributed by atoms with Gasteiger partial charge in [0.15, 0.2) is 17.3 Å². The molecule has 0 radical (unpaired) electrons. The molecule has 126 valence electrons. The van der Waals surface area contributed by atoms with E-state index in [0.29, 0.717) is 29.5 Å². The lowest BCUT2D eigenvalue weighted by Gasteiger charge is -2.32. The second kappa shape index (κ2) is 5.27. The van der Waals surface area contributed by atoms with Crippen molar-refractivity contribution in [3.63, 3.8) is 0 Å². The maximum Gasteiger partial charge on any atom is 0.246 e. The van der Waals surface area contributed by atoms with Gasteiger partial charge in [0.2, 0.25) is 5.89 Å². The Bertz CT molecular complexity index is 884. The molecule has 4 rings (SSSR count). The quantitative estimate of drug-likeness (QED) is 0.740. The fraction of sp³-hybridized carbons (Fsp3) is 0.500. The van der Waals surface area contributed by atoms with Gasteiger partial charge in [-0.2, -0.15) is 5.10 Å². The van der Waals surface area contributed by atoms with Gasteiger partial charge in [0, 0.05) is 5.92 Å². The Morgan fingerprint density at radius 3 is 2.96 bits per heavy atom. The van der Waals surface area contributed by atoms with Crippen LogP contribution in [0.2, 0.25) is 0 Å². The average Bonchev–Trinajstić information content (AvgIpc) is 3.19. The Morgan fingerprint density at radius 2 is 2.25 bits per heavy atom. The third-order valence-electron chi connectivity index (χ3n) is 4.70. The van der Waals surface area contributed by atoms with Gasteiger partial charge in [0.1, 0.15) is 12.0 Å². The lowest BCUT2D eigenvalue weighted by Crippen LogP contribution is -2.31. The van der Waals surface area contributed by atoms with Crippen LogP contribution in [-0.2, 0) is 0 Å². The van der Waals surface area contributed by atoms with Crippen LogP contribution in [0.4, 0.5) is 5.82 Å². The molecular formula is C16H20N6O2. The number of nitrogen functional groups attached to an aromatic ring is 1. The molecule has 8 heteroatoms. The highest BCUT2D eigenvalue weighted by Gasteiger charge is 2.33. The summed E-state index contributed by atoms with van der Waals surface area (Å²) >= 11 is 0. The highest BCUT2D eigenvalue weighted by Crippen LogP contribution is 2.37. The molecule has 0 aromatic carbocycles. The molecule has 0 aliphatic heterocycles. The smallest absolute Gasteiger partial charge is 0.246 e. The highest BCUT2D eigenvalue weighted by molar-refractivity contribution is 5.66. The van der Waals surface area contributed by atoms with Crippen molar-refractivity contribution in [2.24, 2.45) is 0 Å². The first-order chi connectivity index (χ1) is 11.4. The van der Waals surface area contributed by atoms with Gasteiger partial charge in [0.25, 0.3) is 0 Å². The number of aromatic nitrogens is 5. The summed E-state index contributed by atoms with van der Waals surface area (Å²) in [5.41, 5.74) is 7.26. The third kappa shape index (κ3) is 2.43. The molecule has 1 aliphatic carbocycles. The van der Waals surface area contributed by atoms with E-state index in [2.05, 4.69) is 20.1 Å². The van der Waals surface area contributed by atoms with Crippen molar-refractivity contribution in [2.75, 3.05) is 5.73 Å². The fourth-order valence-electron chi connectivity index (χ4n) is 3.48. The molecule has 1 fully saturated rings. The molecule has 0 spiro atoms. The van der Waals surface area contributed by atoms with Crippen molar-refractivity contribution < 1.29 is 9.52 Å². The van der Waals surface area contributed by atoms with Crippen molar-refractivity contribution in [1.82, 2.24) is 24.6 Å². The molecule has 1 saturated carbocycles. The summed E-state index contributed by atoms with van der Waals surface area (Å²) in [5.74, 6) is 1.52. The Morgan fingerprint density at radius 1 is 1.42 bits per heavy atom. The average molecular weight is 328 g/mol. The van der Waals surface area contributed by atoms with E-state index in [9.17, 15) is 5.11 Å². The van der Waals surface area contributed by atoms with Crippen LogP contribution in [0.15, 0.2) is 16.9 Å². The number of oxazole rings is 1. The van der Waals surface area contributed by atoms with Crippen molar-refractivity contribution in [3.8, 4) is 11.6 Å². The molecule has 3 N–H and O–H groups in total. The van der Waals surface area contributed by atoms with Gasteiger partial charge in [-0.25, -0.2) is 19.5 Å². The van der Waals surface area contributed by atoms with Crippen LogP contribution in [0, 0.1) is 6.92 Å². The van der Waals surface area contributed by atoms with E-state index in [4.69, 9.17) is 10.2 Å². The number of rotatable bonds is 2. The van der Waals surface area contributed by atoms with Crippen LogP contribution in [0.5, 0.6) is 0 Å². The molecule has 0 saturated heterocycles. The minimum Gasteiger partial charge on any atom is -0.443 e. The van der Waals surface area contributed by atoms with E-state index in [1.165, 1.54) is 6.26 Å². The molecule has 0 amide bonds. The zero-order valence-electron chi connectivity index (χ0n) is 13.7. The first-order valence-electron chi connectivity index (χ1n) is 8.09. The van der Waals surface area contributed by atoms with E-state index < -0.39 is 5.60 Å². The van der Waals surface area contributed by atoms with Crippen molar-refractivity contribution in [2.45, 2.75) is 51.0 Å². The van der Waals surface area contributed by atoms with E-state index in [1.54, 1.807) is 10.7 Å². The summed E-state index contributed by atoms with van der Waals surface area (Å²) in [7, 11) is 0. The summed E-state index contributed by atoms with van der Waals surface area (Å²) in [6.07, 6.45) is 6.45. The maximum atomic E-state index is 10.3. The molecule has 0 unspecified atom stereocenters. The van der Waals surface area contributed by atoms with E-state index >= 15 is 0 Å². The topological polar surface area (TPSA) is 115 Å². The summed E-state index contributed by atoms with van der Waals surface area (Å²) < 4.78 is 7.03. The van der Waals surface area contributed by atoms with Gasteiger partial charge in [-0.05, 0) is 39.5 Å². The van der Waals surface area contributed by atoms with Crippen LogP contribution < -0.4 is 5.73 Å². The van der Waals surface area contributed by atoms with Crippen LogP contribution >= 0.6 is 0 Å². The minimum absolute atomic E-state index is 0.123. The van der Waals surface area contributed by atoms with Gasteiger partial charge < -0.3 is 15.3 Å². The standard InChI is InChI=1S/C16H20N6O2/c1-9-11(15-18-6-7-24-15)19-12(17)14-20-13(21-22(9)14)10-4-3-5-16(2,23)8-10/h6-7,10,23H,3-5,8H2,1-2H3,(H2,17,19)/t10-,16+/m0/s1. The molecule has 24 heavy (non-hydrogen) atoms. The van der Waals surface area contributed by atoms with Gasteiger partial charge in [-0.15, -0.1) is 0 Å². The van der Waals surface area contributed by atoms with Crippen molar-refractivity contribution in [3.05, 3.63) is 24.0 Å². The van der Waals surface area contributed by atoms with Crippen molar-refractivity contribution in [1.29, 1.82) is 0 Å². The fourth-order valence-corrected chi connectivity index (χ4v) is 3.48. The number of nitrogens with two attached hydrogens (primary N) is 1. The molecule has 2 atom stereocenters. The van der Waals surface area contributed by atoms with Gasteiger partial charge in [0.05, 0.1) is 17.5 Å². The molecule has 1 aliphatic rings. The van der Waals surface area contributed by atoms with Crippen molar-refractivity contribution >= 4 is 11.5 Å². The van der Waals surface area contributed by atoms with Crippen LogP contribution in [0.1, 0.15) is 50.0 Å². The molecule has 3 heterocycles. The zero-order valence-corrected chi connectivity index (χ0v) is 13.7. The first-order valence-corrected chi connectivity index (χ1v) is 8.09. The number of hydrogen-bond acceptors (Lipinski definition) is 7. The van der Waals surface area contributed by atoms with E-state index in [-0.39, 0.29) is 11.7 Å². The summed E-state index contributed by atoms with van der Waals surface area (Å²) in [5, 5.41) is 15.0. The molecule has 3 aromatic heterocycles. The third-order valence-corrected chi connectivity index (χ3v) is 4.70. The number of nitrogens with zero attached hydrogens (tertiary/aromatic N) is 5. The zero-order chi connectivity index (χ0) is 16.9. The first kappa shape index (κ1) is 15.1. The SMILES string of the molecule is Cc1c(-c2ncco2)nc(N)c2nc([C@H]3CCC[C@@](C)(O)C3)nn12. The Hall–Kier alpha value is -2.48. The van der Waals surface area contributed by atoms with E-state index in [1.807, 2.05) is 13.8 Å². The second-order valence-corrected chi connectivity index (χ2v) is 6.76. The molecular weight excluding hydrogens is 308 g/mol. The summed E-state index contributed by atoms with van der Waals surface area (Å²) in [4.78, 5) is 13.1. The number of aryl methyl sites for hydroxylation is 1. The number of anilines is 1. The molecule has 3 aromatic rings. The number of hydrogen-bond donors (Lipinski definition) is 2. The maximum absolute atomic E-state index is 10.3. The van der Waals surface area contributed by atoms with Crippen LogP contribution in [-0.4, -0.2) is 35.3 Å². The predicted octanol–water partition coefficient (Wildman–Crippen LogP) is 2.08. The number of fused-ring (bicyclic) bond motifs is 1. The summed E-state index contributed by atoms with van der Waals surface area (Å²) in [6, 6.07) is 0. The lowest BCUT2D eigenvalue weighted by atomic mass is 9.79. The summed E-state index contributed by atoms with van der Waals surface area (Å²) in [6.45, 7) is 3.76. The Labute approximate surface area is 138 Å². The Kier molecular flexibility index (Phi) is 3.31. The predicted molar refractivity (Wildman–Crippen MR) is 87.3 cm³/mol. The molecule has 8 nitrogen and oxygen atoms in total. The highest BCUT2D eigenvalue weighted by atomic mass is 16.3. The van der Waals surface area contributed by atoms with Gasteiger partial charge in [-0.1, -0.05) is 0 Å². The largest absolute Gasteiger partial charge is 0.443 e. The molecule has 0 bridgehead atoms. The normalized spacial score (nSPS) is 24.5. The number of aliphatic hydroxyl groups is 1. The Balaban J connectivity index is 1.81. The monoisotopic (exact) mass is 328 g/mol. The van der Waals surface area contributed by atoms with Gasteiger partial charge >= 0.3 is 0 Å². The van der Waals surface area contributed by atoms with Gasteiger partial charge in [-0.3, -0.25) is 0 Å². The van der Waals surface area contributed by atoms with Crippen LogP contribution in [0.3, 0.4) is 0 Å². The van der Waals surface area contributed by atoms with Crippen LogP contribution in [0.25, 0.3) is 17.2 Å². The lowest BCUT2D eigenvalue weighted by molar-refractivity contribution is 0.0134. The van der Waals surface area contributed by atoms with E-state index in [0.717, 1.165) is 25.0 Å². The minimum atomic E-state index is -0.664.